The number of nitro benzene ring substituents is 1. The second-order valence-electron chi connectivity index (χ2n) is 4.06. The number of non-ortho nitro benzene ring substituents is 1. The van der Waals surface area contributed by atoms with Crippen LogP contribution < -0.4 is 0 Å². The lowest BCUT2D eigenvalue weighted by molar-refractivity contribution is -0.384. The van der Waals surface area contributed by atoms with Gasteiger partial charge in [-0.25, -0.2) is 0 Å². The molecule has 7 nitrogen and oxygen atoms in total. The summed E-state index contributed by atoms with van der Waals surface area (Å²) < 4.78 is 0.297. The predicted octanol–water partition coefficient (Wildman–Crippen LogP) is 1.49. The summed E-state index contributed by atoms with van der Waals surface area (Å²) in [7, 11) is 0. The molecule has 0 bridgehead atoms. The van der Waals surface area contributed by atoms with Crippen LogP contribution in [0.1, 0.15) is 5.56 Å². The number of aromatic hydroxyl groups is 1. The standard InChI is InChI=1S/C12H10N2O5S2/c15-4-3-13-11(17)10(21-12(13)20)6-7-5-8(14(18)19)1-2-9(7)16/h1-2,5-6,15-16H,3-4H2/b10-6-. The van der Waals surface area contributed by atoms with Crippen LogP contribution in [0.25, 0.3) is 6.08 Å². The first-order valence-corrected chi connectivity index (χ1v) is 7.00. The molecule has 1 saturated heterocycles. The molecule has 0 unspecified atom stereocenters. The molecule has 1 amide bonds. The van der Waals surface area contributed by atoms with Crippen molar-refractivity contribution in [1.82, 2.24) is 4.90 Å². The van der Waals surface area contributed by atoms with Gasteiger partial charge in [-0.1, -0.05) is 24.0 Å². The number of carbonyl (C=O) groups excluding carboxylic acids is 1. The third-order valence-electron chi connectivity index (χ3n) is 2.71. The van der Waals surface area contributed by atoms with E-state index < -0.39 is 10.8 Å². The molecule has 2 N–H and O–H groups in total. The second-order valence-corrected chi connectivity index (χ2v) is 5.73. The van der Waals surface area contributed by atoms with Gasteiger partial charge in [-0.05, 0) is 12.1 Å². The molecule has 0 aliphatic carbocycles. The second kappa shape index (κ2) is 6.20. The summed E-state index contributed by atoms with van der Waals surface area (Å²) in [4.78, 5) is 23.7. The number of phenols is 1. The third-order valence-corrected chi connectivity index (χ3v) is 4.08. The van der Waals surface area contributed by atoms with E-state index in [-0.39, 0.29) is 35.1 Å². The molecule has 21 heavy (non-hydrogen) atoms. The minimum atomic E-state index is -0.590. The smallest absolute Gasteiger partial charge is 0.270 e. The van der Waals surface area contributed by atoms with E-state index >= 15 is 0 Å². The Morgan fingerprint density at radius 2 is 2.19 bits per heavy atom. The van der Waals surface area contributed by atoms with Crippen molar-refractivity contribution < 1.29 is 19.9 Å². The highest BCUT2D eigenvalue weighted by Gasteiger charge is 2.31. The molecule has 0 saturated carbocycles. The minimum absolute atomic E-state index is 0.0862. The number of amides is 1. The topological polar surface area (TPSA) is 104 Å². The number of hydrogen-bond acceptors (Lipinski definition) is 7. The molecule has 1 aromatic carbocycles. The molecule has 110 valence electrons. The molecule has 9 heteroatoms. The molecule has 1 heterocycles. The lowest BCUT2D eigenvalue weighted by Gasteiger charge is -2.11. The van der Waals surface area contributed by atoms with Gasteiger partial charge in [0.05, 0.1) is 23.0 Å². The number of thioether (sulfide) groups is 1. The Balaban J connectivity index is 2.36. The number of aliphatic hydroxyl groups is 1. The van der Waals surface area contributed by atoms with E-state index in [9.17, 15) is 20.0 Å². The highest BCUT2D eigenvalue weighted by atomic mass is 32.2. The normalized spacial score (nSPS) is 16.8. The molecule has 0 radical (unpaired) electrons. The molecule has 1 aliphatic heterocycles. The molecule has 1 aromatic rings. The molecular weight excluding hydrogens is 316 g/mol. The first-order valence-electron chi connectivity index (χ1n) is 5.77. The van der Waals surface area contributed by atoms with Gasteiger partial charge in [0, 0.05) is 17.7 Å². The van der Waals surface area contributed by atoms with E-state index in [1.54, 1.807) is 0 Å². The maximum atomic E-state index is 12.1. The fourth-order valence-corrected chi connectivity index (χ4v) is 3.00. The fraction of sp³-hybridized carbons (Fsp3) is 0.167. The fourth-order valence-electron chi connectivity index (χ4n) is 1.71. The van der Waals surface area contributed by atoms with Crippen molar-refractivity contribution in [2.45, 2.75) is 0 Å². The number of aliphatic hydroxyl groups excluding tert-OH is 1. The third kappa shape index (κ3) is 3.20. The first-order chi connectivity index (χ1) is 9.93. The highest BCUT2D eigenvalue weighted by Crippen LogP contribution is 2.34. The minimum Gasteiger partial charge on any atom is -0.507 e. The largest absolute Gasteiger partial charge is 0.507 e. The van der Waals surface area contributed by atoms with Gasteiger partial charge in [0.1, 0.15) is 10.1 Å². The lowest BCUT2D eigenvalue weighted by atomic mass is 10.1. The SMILES string of the molecule is O=C1/C(=C/c2cc([N+](=O)[O-])ccc2O)SC(=S)N1CCO. The zero-order valence-corrected chi connectivity index (χ0v) is 12.2. The Bertz CT molecular complexity index is 659. The van der Waals surface area contributed by atoms with Crippen LogP contribution in [-0.2, 0) is 4.79 Å². The zero-order chi connectivity index (χ0) is 15.6. The van der Waals surface area contributed by atoms with E-state index in [1.807, 2.05) is 0 Å². The highest BCUT2D eigenvalue weighted by molar-refractivity contribution is 8.26. The Morgan fingerprint density at radius 1 is 1.48 bits per heavy atom. The van der Waals surface area contributed by atoms with Gasteiger partial charge < -0.3 is 10.2 Å². The van der Waals surface area contributed by atoms with Gasteiger partial charge in [-0.2, -0.15) is 0 Å². The lowest BCUT2D eigenvalue weighted by Crippen LogP contribution is -2.30. The van der Waals surface area contributed by atoms with Crippen LogP contribution >= 0.6 is 24.0 Å². The Hall–Kier alpha value is -1.97. The Kier molecular flexibility index (Phi) is 4.56. The van der Waals surface area contributed by atoms with E-state index in [1.165, 1.54) is 29.2 Å². The van der Waals surface area contributed by atoms with Crippen molar-refractivity contribution in [3.63, 3.8) is 0 Å². The molecule has 0 spiro atoms. The van der Waals surface area contributed by atoms with Gasteiger partial charge in [0.2, 0.25) is 0 Å². The summed E-state index contributed by atoms with van der Waals surface area (Å²) in [5.74, 6) is -0.571. The van der Waals surface area contributed by atoms with Crippen LogP contribution in [0, 0.1) is 10.1 Å². The van der Waals surface area contributed by atoms with Gasteiger partial charge in [-0.15, -0.1) is 0 Å². The zero-order valence-electron chi connectivity index (χ0n) is 10.6. The van der Waals surface area contributed by atoms with Crippen molar-refractivity contribution in [1.29, 1.82) is 0 Å². The van der Waals surface area contributed by atoms with Gasteiger partial charge in [0.15, 0.2) is 0 Å². The number of thiocarbonyl (C=S) groups is 1. The summed E-state index contributed by atoms with van der Waals surface area (Å²) in [5.41, 5.74) is -0.0291. The maximum absolute atomic E-state index is 12.1. The quantitative estimate of drug-likeness (QED) is 0.374. The Morgan fingerprint density at radius 3 is 2.81 bits per heavy atom. The molecule has 2 rings (SSSR count). The van der Waals surface area contributed by atoms with Crippen LogP contribution in [0.3, 0.4) is 0 Å². The number of β-amino-alcohol motifs (C(OH)–C–C–N with tert-alkyl or cyclic N) is 1. The number of hydrogen-bond donors (Lipinski definition) is 2. The van der Waals surface area contributed by atoms with E-state index in [0.29, 0.717) is 4.32 Å². The number of phenolic OH excluding ortho intramolecular Hbond substituents is 1. The number of nitrogens with zero attached hydrogens (tertiary/aromatic N) is 2. The van der Waals surface area contributed by atoms with Crippen LogP contribution in [-0.4, -0.2) is 43.4 Å². The number of nitro groups is 1. The van der Waals surface area contributed by atoms with Crippen molar-refractivity contribution >= 4 is 46.0 Å². The molecular formula is C12H10N2O5S2. The monoisotopic (exact) mass is 326 g/mol. The number of carbonyl (C=O) groups is 1. The summed E-state index contributed by atoms with van der Waals surface area (Å²) in [6.07, 6.45) is 1.35. The molecule has 0 atom stereocenters. The first kappa shape index (κ1) is 15.4. The van der Waals surface area contributed by atoms with Crippen molar-refractivity contribution in [2.75, 3.05) is 13.2 Å². The Labute approximate surface area is 129 Å². The summed E-state index contributed by atoms with van der Waals surface area (Å²) >= 11 is 6.04. The van der Waals surface area contributed by atoms with Gasteiger partial charge in [0.25, 0.3) is 11.6 Å². The van der Waals surface area contributed by atoms with Crippen molar-refractivity contribution in [2.24, 2.45) is 0 Å². The van der Waals surface area contributed by atoms with Crippen molar-refractivity contribution in [3.8, 4) is 5.75 Å². The predicted molar refractivity (Wildman–Crippen MR) is 81.7 cm³/mol. The summed E-state index contributed by atoms with van der Waals surface area (Å²) in [5, 5.41) is 29.3. The van der Waals surface area contributed by atoms with E-state index in [2.05, 4.69) is 0 Å². The van der Waals surface area contributed by atoms with Crippen molar-refractivity contribution in [3.05, 3.63) is 38.8 Å². The summed E-state index contributed by atoms with van der Waals surface area (Å²) in [6, 6.07) is 3.54. The average Bonchev–Trinajstić information content (AvgIpc) is 2.69. The van der Waals surface area contributed by atoms with Gasteiger partial charge >= 0.3 is 0 Å². The molecule has 0 aromatic heterocycles. The van der Waals surface area contributed by atoms with Crippen LogP contribution in [0.4, 0.5) is 5.69 Å². The number of benzene rings is 1. The van der Waals surface area contributed by atoms with Crippen LogP contribution in [0.2, 0.25) is 0 Å². The number of rotatable bonds is 4. The van der Waals surface area contributed by atoms with E-state index in [4.69, 9.17) is 17.3 Å². The maximum Gasteiger partial charge on any atom is 0.270 e. The van der Waals surface area contributed by atoms with Crippen LogP contribution in [0.5, 0.6) is 5.75 Å². The average molecular weight is 326 g/mol. The summed E-state index contributed by atoms with van der Waals surface area (Å²) in [6.45, 7) is -0.134. The molecule has 1 fully saturated rings. The van der Waals surface area contributed by atoms with Gasteiger partial charge in [-0.3, -0.25) is 19.8 Å². The molecule has 1 aliphatic rings. The van der Waals surface area contributed by atoms with E-state index in [0.717, 1.165) is 11.8 Å². The van der Waals surface area contributed by atoms with Crippen LogP contribution in [0.15, 0.2) is 23.1 Å².